The summed E-state index contributed by atoms with van der Waals surface area (Å²) in [6, 6.07) is 15.6. The summed E-state index contributed by atoms with van der Waals surface area (Å²) in [5.41, 5.74) is 3.01. The molecular weight excluding hydrogens is 456 g/mol. The molecular formula is C27H28N6O3. The van der Waals surface area contributed by atoms with Gasteiger partial charge in [0.05, 0.1) is 6.61 Å². The SMILES string of the molecule is C[C@H](O)c1nccn1[C@@H](C#Cc1ccc(-c2ccc(OC3CC(c4nnnn4C)C3)cc2)cc1)CO. The zero-order chi connectivity index (χ0) is 25.1. The minimum atomic E-state index is -0.737. The molecule has 9 nitrogen and oxygen atoms in total. The summed E-state index contributed by atoms with van der Waals surface area (Å²) in [6.07, 6.45) is 4.58. The number of rotatable bonds is 7. The van der Waals surface area contributed by atoms with Crippen LogP contribution in [0.3, 0.4) is 0 Å². The van der Waals surface area contributed by atoms with Gasteiger partial charge in [0, 0.05) is 30.9 Å². The Morgan fingerprint density at radius 1 is 1.08 bits per heavy atom. The second-order valence-electron chi connectivity index (χ2n) is 9.01. The van der Waals surface area contributed by atoms with Crippen LogP contribution in [0.15, 0.2) is 60.9 Å². The summed E-state index contributed by atoms with van der Waals surface area (Å²) in [4.78, 5) is 4.15. The van der Waals surface area contributed by atoms with E-state index in [9.17, 15) is 10.2 Å². The highest BCUT2D eigenvalue weighted by molar-refractivity contribution is 5.65. The number of benzene rings is 2. The van der Waals surface area contributed by atoms with Crippen molar-refractivity contribution in [3.05, 3.63) is 78.1 Å². The lowest BCUT2D eigenvalue weighted by molar-refractivity contribution is 0.0938. The van der Waals surface area contributed by atoms with Crippen LogP contribution in [0.1, 0.15) is 55.0 Å². The topological polar surface area (TPSA) is 111 Å². The number of tetrazole rings is 1. The van der Waals surface area contributed by atoms with Crippen LogP contribution in [0, 0.1) is 11.8 Å². The maximum absolute atomic E-state index is 9.86. The molecule has 0 radical (unpaired) electrons. The van der Waals surface area contributed by atoms with Gasteiger partial charge in [-0.3, -0.25) is 0 Å². The average Bonchev–Trinajstić information content (AvgIpc) is 3.52. The molecule has 0 unspecified atom stereocenters. The van der Waals surface area contributed by atoms with Crippen molar-refractivity contribution in [2.75, 3.05) is 6.61 Å². The molecule has 4 aromatic rings. The Labute approximate surface area is 209 Å². The fraction of sp³-hybridized carbons (Fsp3) is 0.333. The van der Waals surface area contributed by atoms with Gasteiger partial charge < -0.3 is 19.5 Å². The fourth-order valence-corrected chi connectivity index (χ4v) is 4.40. The van der Waals surface area contributed by atoms with Crippen LogP contribution in [0.2, 0.25) is 0 Å². The first kappa shape index (κ1) is 23.7. The van der Waals surface area contributed by atoms with Crippen molar-refractivity contribution in [2.45, 2.75) is 43.9 Å². The zero-order valence-corrected chi connectivity index (χ0v) is 20.2. The molecule has 0 amide bonds. The van der Waals surface area contributed by atoms with E-state index in [0.29, 0.717) is 11.7 Å². The van der Waals surface area contributed by atoms with E-state index < -0.39 is 12.1 Å². The van der Waals surface area contributed by atoms with Crippen molar-refractivity contribution in [1.82, 2.24) is 29.8 Å². The average molecular weight is 485 g/mol. The quantitative estimate of drug-likeness (QED) is 0.388. The van der Waals surface area contributed by atoms with Crippen LogP contribution in [-0.4, -0.2) is 52.7 Å². The molecule has 2 aromatic carbocycles. The van der Waals surface area contributed by atoms with Gasteiger partial charge in [0.2, 0.25) is 0 Å². The number of aliphatic hydroxyl groups is 2. The second kappa shape index (κ2) is 10.3. The van der Waals surface area contributed by atoms with Crippen LogP contribution in [-0.2, 0) is 7.05 Å². The van der Waals surface area contributed by atoms with Crippen molar-refractivity contribution < 1.29 is 14.9 Å². The minimum Gasteiger partial charge on any atom is -0.490 e. The Kier molecular flexibility index (Phi) is 6.80. The third-order valence-electron chi connectivity index (χ3n) is 6.45. The van der Waals surface area contributed by atoms with Gasteiger partial charge in [-0.15, -0.1) is 5.10 Å². The lowest BCUT2D eigenvalue weighted by Gasteiger charge is -2.34. The third-order valence-corrected chi connectivity index (χ3v) is 6.45. The van der Waals surface area contributed by atoms with E-state index in [0.717, 1.165) is 41.1 Å². The molecule has 1 saturated carbocycles. The fourth-order valence-electron chi connectivity index (χ4n) is 4.40. The molecule has 0 bridgehead atoms. The van der Waals surface area contributed by atoms with Crippen molar-refractivity contribution in [3.8, 4) is 28.7 Å². The lowest BCUT2D eigenvalue weighted by Crippen LogP contribution is -2.33. The number of ether oxygens (including phenoxy) is 1. The molecule has 2 N–H and O–H groups in total. The number of imidazole rings is 1. The predicted molar refractivity (Wildman–Crippen MR) is 133 cm³/mol. The van der Waals surface area contributed by atoms with Gasteiger partial charge >= 0.3 is 0 Å². The van der Waals surface area contributed by atoms with Gasteiger partial charge in [0.15, 0.2) is 5.82 Å². The minimum absolute atomic E-state index is 0.172. The van der Waals surface area contributed by atoms with Gasteiger partial charge in [-0.2, -0.15) is 0 Å². The monoisotopic (exact) mass is 484 g/mol. The summed E-state index contributed by atoms with van der Waals surface area (Å²) >= 11 is 0. The molecule has 2 aromatic heterocycles. The first-order valence-electron chi connectivity index (χ1n) is 11.9. The van der Waals surface area contributed by atoms with Crippen LogP contribution >= 0.6 is 0 Å². The molecule has 1 aliphatic rings. The van der Waals surface area contributed by atoms with Crippen molar-refractivity contribution >= 4 is 0 Å². The summed E-state index contributed by atoms with van der Waals surface area (Å²) < 4.78 is 9.54. The summed E-state index contributed by atoms with van der Waals surface area (Å²) in [5, 5.41) is 31.4. The maximum atomic E-state index is 9.86. The highest BCUT2D eigenvalue weighted by Crippen LogP contribution is 2.38. The molecule has 0 aliphatic heterocycles. The summed E-state index contributed by atoms with van der Waals surface area (Å²) in [7, 11) is 1.86. The molecule has 0 saturated heterocycles. The Balaban J connectivity index is 1.19. The largest absolute Gasteiger partial charge is 0.490 e. The highest BCUT2D eigenvalue weighted by Gasteiger charge is 2.35. The molecule has 0 spiro atoms. The number of aryl methyl sites for hydroxylation is 1. The maximum Gasteiger partial charge on any atom is 0.154 e. The molecule has 2 heterocycles. The summed E-state index contributed by atoms with van der Waals surface area (Å²) in [5.74, 6) is 8.79. The van der Waals surface area contributed by atoms with Crippen molar-refractivity contribution in [3.63, 3.8) is 0 Å². The lowest BCUT2D eigenvalue weighted by atomic mass is 9.81. The van der Waals surface area contributed by atoms with E-state index >= 15 is 0 Å². The van der Waals surface area contributed by atoms with E-state index in [1.165, 1.54) is 0 Å². The highest BCUT2D eigenvalue weighted by atomic mass is 16.5. The first-order valence-corrected chi connectivity index (χ1v) is 11.9. The second-order valence-corrected chi connectivity index (χ2v) is 9.01. The molecule has 1 fully saturated rings. The molecule has 184 valence electrons. The van der Waals surface area contributed by atoms with E-state index in [1.807, 2.05) is 43.4 Å². The molecule has 9 heteroatoms. The number of hydrogen-bond donors (Lipinski definition) is 2. The van der Waals surface area contributed by atoms with Crippen LogP contribution < -0.4 is 4.74 Å². The van der Waals surface area contributed by atoms with Gasteiger partial charge in [-0.25, -0.2) is 9.67 Å². The molecule has 5 rings (SSSR count). The van der Waals surface area contributed by atoms with Crippen LogP contribution in [0.25, 0.3) is 11.1 Å². The number of hydrogen-bond acceptors (Lipinski definition) is 7. The number of nitrogens with zero attached hydrogens (tertiary/aromatic N) is 6. The number of aromatic nitrogens is 6. The van der Waals surface area contributed by atoms with Gasteiger partial charge in [0.1, 0.15) is 29.8 Å². The van der Waals surface area contributed by atoms with Gasteiger partial charge in [-0.1, -0.05) is 36.1 Å². The van der Waals surface area contributed by atoms with Crippen LogP contribution in [0.4, 0.5) is 0 Å². The Bertz CT molecular complexity index is 1360. The predicted octanol–water partition coefficient (Wildman–Crippen LogP) is 3.04. The Morgan fingerprint density at radius 2 is 1.78 bits per heavy atom. The zero-order valence-electron chi connectivity index (χ0n) is 20.2. The van der Waals surface area contributed by atoms with Gasteiger partial charge in [-0.05, 0) is 65.6 Å². The standard InChI is InChI=1S/C27H28N6O3/c1-18(35)26-28-13-14-33(26)23(17-34)10-5-19-3-6-20(7-4-19)21-8-11-24(12-9-21)36-25-15-22(16-25)27-29-30-31-32(27)2/h3-4,6-9,11-14,18,22-23,25,34-35H,15-17H2,1-2H3/t18-,22?,23-,25?/m0/s1. The summed E-state index contributed by atoms with van der Waals surface area (Å²) in [6.45, 7) is 1.47. The molecule has 2 atom stereocenters. The third kappa shape index (κ3) is 5.00. The van der Waals surface area contributed by atoms with Crippen molar-refractivity contribution in [1.29, 1.82) is 0 Å². The van der Waals surface area contributed by atoms with E-state index in [2.05, 4.69) is 44.5 Å². The Hall–Kier alpha value is -4.00. The first-order chi connectivity index (χ1) is 17.5. The number of aliphatic hydroxyl groups excluding tert-OH is 2. The normalized spacial score (nSPS) is 18.6. The van der Waals surface area contributed by atoms with Crippen LogP contribution in [0.5, 0.6) is 5.75 Å². The smallest absolute Gasteiger partial charge is 0.154 e. The van der Waals surface area contributed by atoms with E-state index in [-0.39, 0.29) is 12.7 Å². The van der Waals surface area contributed by atoms with Gasteiger partial charge in [0.25, 0.3) is 0 Å². The molecule has 36 heavy (non-hydrogen) atoms. The Morgan fingerprint density at radius 3 is 2.39 bits per heavy atom. The van der Waals surface area contributed by atoms with E-state index in [1.54, 1.807) is 28.6 Å². The molecule has 1 aliphatic carbocycles. The van der Waals surface area contributed by atoms with Crippen molar-refractivity contribution in [2.24, 2.45) is 7.05 Å². The van der Waals surface area contributed by atoms with E-state index in [4.69, 9.17) is 4.74 Å².